The number of rotatable bonds is 6. The Morgan fingerprint density at radius 1 is 1.17 bits per heavy atom. The van der Waals surface area contributed by atoms with Crippen LogP contribution in [0.3, 0.4) is 0 Å². The van der Waals surface area contributed by atoms with Crippen LogP contribution in [-0.2, 0) is 11.0 Å². The molecule has 3 aromatic rings. The van der Waals surface area contributed by atoms with Gasteiger partial charge in [-0.25, -0.2) is 4.68 Å². The minimum Gasteiger partial charge on any atom is -0.362 e. The Labute approximate surface area is 169 Å². The standard InChI is InChI=1S/C21H14F3N5O/c22-21(23,24)15-4-2-5-16(12-15)27-9-8-19(30)20(26)18-7-10-28-29(18)17-6-1-3-14(11-17)13-25/h1-12,26-27H/b9-8-,26-20?. The van der Waals surface area contributed by atoms with Crippen molar-refractivity contribution in [3.8, 4) is 11.8 Å². The van der Waals surface area contributed by atoms with Crippen LogP contribution in [0.15, 0.2) is 73.1 Å². The molecule has 0 fully saturated rings. The molecule has 0 radical (unpaired) electrons. The van der Waals surface area contributed by atoms with Crippen molar-refractivity contribution in [2.24, 2.45) is 0 Å². The number of nitriles is 1. The van der Waals surface area contributed by atoms with Gasteiger partial charge in [-0.3, -0.25) is 10.2 Å². The van der Waals surface area contributed by atoms with Crippen LogP contribution in [0.1, 0.15) is 16.8 Å². The van der Waals surface area contributed by atoms with Crippen molar-refractivity contribution in [1.29, 1.82) is 10.7 Å². The summed E-state index contributed by atoms with van der Waals surface area (Å²) in [5.74, 6) is -0.673. The minimum atomic E-state index is -4.47. The number of alkyl halides is 3. The average Bonchev–Trinajstić information content (AvgIpc) is 3.22. The number of allylic oxidation sites excluding steroid dienone is 1. The van der Waals surface area contributed by atoms with Gasteiger partial charge in [0.1, 0.15) is 5.71 Å². The lowest BCUT2D eigenvalue weighted by Crippen LogP contribution is -2.17. The third kappa shape index (κ3) is 4.62. The molecule has 0 bridgehead atoms. The number of carbonyl (C=O) groups is 1. The number of hydrogen-bond donors (Lipinski definition) is 2. The van der Waals surface area contributed by atoms with E-state index in [4.69, 9.17) is 10.7 Å². The number of benzene rings is 2. The van der Waals surface area contributed by atoms with Crippen LogP contribution >= 0.6 is 0 Å². The molecule has 0 aliphatic heterocycles. The molecule has 1 heterocycles. The normalized spacial score (nSPS) is 11.3. The van der Waals surface area contributed by atoms with E-state index in [-0.39, 0.29) is 17.1 Å². The molecule has 1 aromatic heterocycles. The number of aromatic nitrogens is 2. The first-order valence-corrected chi connectivity index (χ1v) is 8.58. The van der Waals surface area contributed by atoms with E-state index in [0.29, 0.717) is 11.3 Å². The average molecular weight is 409 g/mol. The van der Waals surface area contributed by atoms with Crippen LogP contribution in [0.2, 0.25) is 0 Å². The molecule has 2 N–H and O–H groups in total. The molecule has 0 saturated heterocycles. The second kappa shape index (κ2) is 8.45. The first-order chi connectivity index (χ1) is 14.3. The zero-order valence-corrected chi connectivity index (χ0v) is 15.3. The van der Waals surface area contributed by atoms with Crippen LogP contribution in [-0.4, -0.2) is 21.3 Å². The summed E-state index contributed by atoms with van der Waals surface area (Å²) in [4.78, 5) is 12.3. The molecule has 0 spiro atoms. The summed E-state index contributed by atoms with van der Waals surface area (Å²) in [6, 6.07) is 14.5. The monoisotopic (exact) mass is 409 g/mol. The Bertz CT molecular complexity index is 1170. The van der Waals surface area contributed by atoms with Gasteiger partial charge >= 0.3 is 6.18 Å². The maximum atomic E-state index is 12.8. The second-order valence-electron chi connectivity index (χ2n) is 6.09. The van der Waals surface area contributed by atoms with Gasteiger partial charge in [0, 0.05) is 18.0 Å². The molecule has 0 atom stereocenters. The Hall–Kier alpha value is -4.19. The highest BCUT2D eigenvalue weighted by atomic mass is 19.4. The zero-order valence-electron chi connectivity index (χ0n) is 15.3. The van der Waals surface area contributed by atoms with Crippen molar-refractivity contribution in [2.75, 3.05) is 5.32 Å². The third-order valence-electron chi connectivity index (χ3n) is 4.04. The molecule has 0 aliphatic carbocycles. The lowest BCUT2D eigenvalue weighted by molar-refractivity contribution is -0.137. The van der Waals surface area contributed by atoms with E-state index in [1.807, 2.05) is 6.07 Å². The summed E-state index contributed by atoms with van der Waals surface area (Å²) in [6.07, 6.45) is -0.837. The van der Waals surface area contributed by atoms with Crippen molar-refractivity contribution in [3.63, 3.8) is 0 Å². The molecule has 0 amide bonds. The molecular formula is C21H14F3N5O. The van der Waals surface area contributed by atoms with Gasteiger partial charge in [0.2, 0.25) is 5.78 Å². The summed E-state index contributed by atoms with van der Waals surface area (Å²) >= 11 is 0. The van der Waals surface area contributed by atoms with Crippen LogP contribution < -0.4 is 5.32 Å². The molecule has 2 aromatic carbocycles. The molecule has 9 heteroatoms. The van der Waals surface area contributed by atoms with Crippen molar-refractivity contribution in [2.45, 2.75) is 6.18 Å². The maximum Gasteiger partial charge on any atom is 0.416 e. The molecule has 0 unspecified atom stereocenters. The van der Waals surface area contributed by atoms with Gasteiger partial charge < -0.3 is 5.32 Å². The van der Waals surface area contributed by atoms with E-state index in [2.05, 4.69) is 10.4 Å². The van der Waals surface area contributed by atoms with Gasteiger partial charge in [-0.1, -0.05) is 12.1 Å². The molecule has 0 saturated carbocycles. The number of hydrogen-bond acceptors (Lipinski definition) is 5. The van der Waals surface area contributed by atoms with E-state index >= 15 is 0 Å². The highest BCUT2D eigenvalue weighted by Gasteiger charge is 2.30. The molecule has 0 aliphatic rings. The van der Waals surface area contributed by atoms with E-state index in [1.54, 1.807) is 24.3 Å². The van der Waals surface area contributed by atoms with Gasteiger partial charge in [0.25, 0.3) is 0 Å². The Morgan fingerprint density at radius 3 is 2.67 bits per heavy atom. The van der Waals surface area contributed by atoms with E-state index < -0.39 is 17.5 Å². The minimum absolute atomic E-state index is 0.152. The summed E-state index contributed by atoms with van der Waals surface area (Å²) in [6.45, 7) is 0. The third-order valence-corrected chi connectivity index (χ3v) is 4.04. The molecule has 3 rings (SSSR count). The first kappa shape index (κ1) is 20.5. The Morgan fingerprint density at radius 2 is 1.93 bits per heavy atom. The molecular weight excluding hydrogens is 395 g/mol. The highest BCUT2D eigenvalue weighted by molar-refractivity contribution is 6.48. The van der Waals surface area contributed by atoms with E-state index in [1.165, 1.54) is 35.3 Å². The van der Waals surface area contributed by atoms with Crippen LogP contribution in [0, 0.1) is 16.7 Å². The van der Waals surface area contributed by atoms with Gasteiger partial charge in [0.05, 0.1) is 34.8 Å². The second-order valence-corrected chi connectivity index (χ2v) is 6.09. The fraction of sp³-hybridized carbons (Fsp3) is 0.0476. The van der Waals surface area contributed by atoms with Crippen LogP contribution in [0.4, 0.5) is 18.9 Å². The van der Waals surface area contributed by atoms with Gasteiger partial charge in [0.15, 0.2) is 0 Å². The number of carbonyl (C=O) groups excluding carboxylic acids is 1. The quantitative estimate of drug-likeness (QED) is 0.468. The van der Waals surface area contributed by atoms with E-state index in [0.717, 1.165) is 18.2 Å². The van der Waals surface area contributed by atoms with Crippen molar-refractivity contribution in [1.82, 2.24) is 9.78 Å². The van der Waals surface area contributed by atoms with Crippen molar-refractivity contribution >= 4 is 17.2 Å². The number of halogens is 3. The summed E-state index contributed by atoms with van der Waals surface area (Å²) in [5.41, 5.74) is 0.0904. The predicted molar refractivity (Wildman–Crippen MR) is 104 cm³/mol. The summed E-state index contributed by atoms with van der Waals surface area (Å²) in [5, 5.41) is 23.8. The fourth-order valence-corrected chi connectivity index (χ4v) is 2.61. The van der Waals surface area contributed by atoms with Crippen LogP contribution in [0.25, 0.3) is 5.69 Å². The molecule has 6 nitrogen and oxygen atoms in total. The maximum absolute atomic E-state index is 12.8. The number of nitrogens with one attached hydrogen (secondary N) is 2. The van der Waals surface area contributed by atoms with Crippen molar-refractivity contribution < 1.29 is 18.0 Å². The van der Waals surface area contributed by atoms with Gasteiger partial charge in [-0.2, -0.15) is 23.5 Å². The van der Waals surface area contributed by atoms with Crippen molar-refractivity contribution in [3.05, 3.63) is 89.9 Å². The highest BCUT2D eigenvalue weighted by Crippen LogP contribution is 2.30. The van der Waals surface area contributed by atoms with Gasteiger partial charge in [-0.15, -0.1) is 0 Å². The fourth-order valence-electron chi connectivity index (χ4n) is 2.61. The number of ketones is 1. The Kier molecular flexibility index (Phi) is 5.78. The smallest absolute Gasteiger partial charge is 0.362 e. The molecule has 150 valence electrons. The SMILES string of the molecule is N#Cc1cccc(-n2nccc2C(=N)C(=O)/C=C\Nc2cccc(C(F)(F)F)c2)c1. The summed E-state index contributed by atoms with van der Waals surface area (Å²) < 4.78 is 39.6. The van der Waals surface area contributed by atoms with Crippen LogP contribution in [0.5, 0.6) is 0 Å². The zero-order chi connectivity index (χ0) is 21.7. The predicted octanol–water partition coefficient (Wildman–Crippen LogP) is 4.33. The lowest BCUT2D eigenvalue weighted by atomic mass is 10.1. The topological polar surface area (TPSA) is 94.6 Å². The van der Waals surface area contributed by atoms with E-state index in [9.17, 15) is 18.0 Å². The first-order valence-electron chi connectivity index (χ1n) is 8.58. The number of nitrogens with zero attached hydrogens (tertiary/aromatic N) is 3. The summed E-state index contributed by atoms with van der Waals surface area (Å²) in [7, 11) is 0. The largest absolute Gasteiger partial charge is 0.416 e. The van der Waals surface area contributed by atoms with Gasteiger partial charge in [-0.05, 0) is 42.5 Å². The lowest BCUT2D eigenvalue weighted by Gasteiger charge is -2.08. The number of anilines is 1. The molecule has 30 heavy (non-hydrogen) atoms. The Balaban J connectivity index is 1.74.